The van der Waals surface area contributed by atoms with Gasteiger partial charge < -0.3 is 29.7 Å². The highest BCUT2D eigenvalue weighted by Gasteiger charge is 2.26. The van der Waals surface area contributed by atoms with Crippen LogP contribution in [0.4, 0.5) is 0 Å². The first-order valence-electron chi connectivity index (χ1n) is 10.0. The number of aliphatic hydroxyl groups is 1. The number of likely N-dealkylation sites (N-methyl/N-ethyl adjacent to an activating group) is 1. The van der Waals surface area contributed by atoms with Crippen molar-refractivity contribution in [2.24, 2.45) is 5.92 Å². The molecule has 1 aliphatic heterocycles. The minimum Gasteiger partial charge on any atom is -0.491 e. The number of nitrogens with one attached hydrogen (secondary N) is 1. The molecule has 1 fully saturated rings. The van der Waals surface area contributed by atoms with Gasteiger partial charge in [0, 0.05) is 26.2 Å². The Bertz CT molecular complexity index is 589. The Balaban J connectivity index is 1.67. The summed E-state index contributed by atoms with van der Waals surface area (Å²) >= 11 is 0. The highest BCUT2D eigenvalue weighted by atomic mass is 16.5. The molecule has 0 amide bonds. The van der Waals surface area contributed by atoms with Crippen LogP contribution in [0.2, 0.25) is 0 Å². The van der Waals surface area contributed by atoms with E-state index in [0.29, 0.717) is 6.54 Å². The van der Waals surface area contributed by atoms with Crippen LogP contribution in [0.15, 0.2) is 24.3 Å². The van der Waals surface area contributed by atoms with E-state index in [-0.39, 0.29) is 18.5 Å². The maximum Gasteiger partial charge on any atom is 0.308 e. The summed E-state index contributed by atoms with van der Waals surface area (Å²) in [5.74, 6) is 0.638. The van der Waals surface area contributed by atoms with Gasteiger partial charge >= 0.3 is 5.97 Å². The number of methoxy groups -OCH3 is 1. The van der Waals surface area contributed by atoms with E-state index in [4.69, 9.17) is 9.47 Å². The lowest BCUT2D eigenvalue weighted by Crippen LogP contribution is -2.42. The third-order valence-corrected chi connectivity index (χ3v) is 5.00. The highest BCUT2D eigenvalue weighted by molar-refractivity contribution is 5.72. The van der Waals surface area contributed by atoms with Crippen LogP contribution < -0.4 is 10.1 Å². The van der Waals surface area contributed by atoms with E-state index in [0.717, 1.165) is 56.9 Å². The molecule has 1 heterocycles. The second-order valence-electron chi connectivity index (χ2n) is 7.69. The summed E-state index contributed by atoms with van der Waals surface area (Å²) in [6.07, 6.45) is 1.00. The number of hydrogen-bond donors (Lipinski definition) is 2. The number of rotatable bonds is 11. The van der Waals surface area contributed by atoms with Gasteiger partial charge in [0.25, 0.3) is 0 Å². The summed E-state index contributed by atoms with van der Waals surface area (Å²) in [5, 5.41) is 13.7. The average Bonchev–Trinajstić information content (AvgIpc) is 2.70. The van der Waals surface area contributed by atoms with Gasteiger partial charge in [-0.1, -0.05) is 12.1 Å². The summed E-state index contributed by atoms with van der Waals surface area (Å²) in [7, 11) is 5.55. The number of nitrogens with zero attached hydrogens (tertiary/aromatic N) is 2. The first-order valence-corrected chi connectivity index (χ1v) is 10.0. The van der Waals surface area contributed by atoms with E-state index in [1.807, 2.05) is 18.2 Å². The van der Waals surface area contributed by atoms with Gasteiger partial charge in [-0.05, 0) is 57.7 Å². The Hall–Kier alpha value is -1.67. The van der Waals surface area contributed by atoms with Gasteiger partial charge in [0.05, 0.1) is 13.0 Å². The van der Waals surface area contributed by atoms with Gasteiger partial charge in [-0.25, -0.2) is 0 Å². The average molecular weight is 394 g/mol. The summed E-state index contributed by atoms with van der Waals surface area (Å²) in [6.45, 7) is 5.13. The molecule has 1 aromatic carbocycles. The van der Waals surface area contributed by atoms with Crippen LogP contribution in [0.3, 0.4) is 0 Å². The minimum absolute atomic E-state index is 0.0104. The highest BCUT2D eigenvalue weighted by Crippen LogP contribution is 2.19. The van der Waals surface area contributed by atoms with Crippen LogP contribution in [-0.4, -0.2) is 87.5 Å². The van der Waals surface area contributed by atoms with Gasteiger partial charge in [0.1, 0.15) is 18.5 Å². The first kappa shape index (κ1) is 22.6. The Labute approximate surface area is 168 Å². The van der Waals surface area contributed by atoms with Gasteiger partial charge in [-0.3, -0.25) is 4.79 Å². The summed E-state index contributed by atoms with van der Waals surface area (Å²) < 4.78 is 10.6. The van der Waals surface area contributed by atoms with E-state index in [9.17, 15) is 9.90 Å². The van der Waals surface area contributed by atoms with Crippen molar-refractivity contribution in [1.29, 1.82) is 0 Å². The molecule has 158 valence electrons. The Kier molecular flexibility index (Phi) is 9.70. The molecule has 7 nitrogen and oxygen atoms in total. The van der Waals surface area contributed by atoms with Crippen molar-refractivity contribution in [2.75, 3.05) is 60.5 Å². The van der Waals surface area contributed by atoms with Crippen LogP contribution in [0.25, 0.3) is 0 Å². The number of esters is 1. The fraction of sp³-hybridized carbons (Fsp3) is 0.667. The van der Waals surface area contributed by atoms with E-state index >= 15 is 0 Å². The van der Waals surface area contributed by atoms with Crippen molar-refractivity contribution in [3.63, 3.8) is 0 Å². The van der Waals surface area contributed by atoms with Crippen molar-refractivity contribution in [3.8, 4) is 5.75 Å². The first-order chi connectivity index (χ1) is 13.5. The van der Waals surface area contributed by atoms with E-state index in [1.54, 1.807) is 0 Å². The van der Waals surface area contributed by atoms with Gasteiger partial charge in [-0.2, -0.15) is 0 Å². The van der Waals surface area contributed by atoms with Crippen LogP contribution >= 0.6 is 0 Å². The third-order valence-electron chi connectivity index (χ3n) is 5.00. The molecular weight excluding hydrogens is 358 g/mol. The maximum atomic E-state index is 11.6. The molecule has 1 saturated heterocycles. The van der Waals surface area contributed by atoms with Crippen molar-refractivity contribution in [2.45, 2.75) is 25.5 Å². The molecule has 1 unspecified atom stereocenters. The van der Waals surface area contributed by atoms with Gasteiger partial charge in [0.2, 0.25) is 0 Å². The number of benzene rings is 1. The quantitative estimate of drug-likeness (QED) is 0.428. The van der Waals surface area contributed by atoms with Crippen molar-refractivity contribution in [3.05, 3.63) is 29.8 Å². The number of hydrogen-bond acceptors (Lipinski definition) is 7. The molecule has 0 bridgehead atoms. The SMILES string of the molecule is COC(=O)C1CCN(CC(O)COc2cccc(CNCCN(C)C)c2)CC1. The molecule has 7 heteroatoms. The molecule has 28 heavy (non-hydrogen) atoms. The zero-order valence-corrected chi connectivity index (χ0v) is 17.4. The molecule has 1 atom stereocenters. The van der Waals surface area contributed by atoms with Gasteiger partial charge in [-0.15, -0.1) is 0 Å². The molecule has 1 aliphatic rings. The fourth-order valence-electron chi connectivity index (χ4n) is 3.34. The van der Waals surface area contributed by atoms with Crippen LogP contribution in [-0.2, 0) is 16.1 Å². The molecular formula is C21H35N3O4. The maximum absolute atomic E-state index is 11.6. The topological polar surface area (TPSA) is 74.3 Å². The monoisotopic (exact) mass is 393 g/mol. The largest absolute Gasteiger partial charge is 0.491 e. The molecule has 0 aromatic heterocycles. The van der Waals surface area contributed by atoms with Crippen LogP contribution in [0, 0.1) is 5.92 Å². The molecule has 0 spiro atoms. The van der Waals surface area contributed by atoms with Crippen molar-refractivity contribution in [1.82, 2.24) is 15.1 Å². The molecule has 0 radical (unpaired) electrons. The number of likely N-dealkylation sites (tertiary alicyclic amines) is 1. The molecule has 0 saturated carbocycles. The zero-order valence-electron chi connectivity index (χ0n) is 17.4. The van der Waals surface area contributed by atoms with E-state index in [1.165, 1.54) is 7.11 Å². The Morgan fingerprint density at radius 1 is 1.36 bits per heavy atom. The lowest BCUT2D eigenvalue weighted by atomic mass is 9.97. The van der Waals surface area contributed by atoms with E-state index in [2.05, 4.69) is 35.3 Å². The predicted molar refractivity (Wildman–Crippen MR) is 109 cm³/mol. The number of ether oxygens (including phenoxy) is 2. The summed E-state index contributed by atoms with van der Waals surface area (Å²) in [6, 6.07) is 7.97. The zero-order chi connectivity index (χ0) is 20.4. The van der Waals surface area contributed by atoms with Gasteiger partial charge in [0.15, 0.2) is 0 Å². The summed E-state index contributed by atoms with van der Waals surface area (Å²) in [5.41, 5.74) is 1.16. The Morgan fingerprint density at radius 3 is 2.79 bits per heavy atom. The number of carbonyl (C=O) groups is 1. The third kappa shape index (κ3) is 8.14. The second kappa shape index (κ2) is 12.0. The molecule has 1 aromatic rings. The number of carbonyl (C=O) groups excluding carboxylic acids is 1. The minimum atomic E-state index is -0.559. The van der Waals surface area contributed by atoms with Crippen molar-refractivity contribution < 1.29 is 19.4 Å². The number of piperidine rings is 1. The van der Waals surface area contributed by atoms with E-state index < -0.39 is 6.10 Å². The second-order valence-corrected chi connectivity index (χ2v) is 7.69. The molecule has 2 rings (SSSR count). The predicted octanol–water partition coefficient (Wildman–Crippen LogP) is 0.963. The fourth-order valence-corrected chi connectivity index (χ4v) is 3.34. The lowest BCUT2D eigenvalue weighted by molar-refractivity contribution is -0.147. The smallest absolute Gasteiger partial charge is 0.308 e. The standard InChI is InChI=1S/C21H35N3O4/c1-23(2)12-9-22-14-17-5-4-6-20(13-17)28-16-19(25)15-24-10-7-18(8-11-24)21(26)27-3/h4-6,13,18-19,22,25H,7-12,14-16H2,1-3H3. The molecule has 0 aliphatic carbocycles. The number of β-amino-alcohol motifs (C(OH)–C–C–N with tert-alkyl or cyclic N) is 1. The molecule has 2 N–H and O–H groups in total. The van der Waals surface area contributed by atoms with Crippen LogP contribution in [0.5, 0.6) is 5.75 Å². The normalized spacial score (nSPS) is 16.9. The van der Waals surface area contributed by atoms with Crippen molar-refractivity contribution >= 4 is 5.97 Å². The lowest BCUT2D eigenvalue weighted by Gasteiger charge is -2.31. The van der Waals surface area contributed by atoms with Crippen LogP contribution in [0.1, 0.15) is 18.4 Å². The Morgan fingerprint density at radius 2 is 2.11 bits per heavy atom. The number of aliphatic hydroxyl groups excluding tert-OH is 1. The summed E-state index contributed by atoms with van der Waals surface area (Å²) in [4.78, 5) is 15.9.